The molecule has 0 bridgehead atoms. The van der Waals surface area contributed by atoms with Crippen LogP contribution in [0.2, 0.25) is 0 Å². The fraction of sp³-hybridized carbons (Fsp3) is 0.923. The molecule has 0 fully saturated rings. The van der Waals surface area contributed by atoms with E-state index in [2.05, 4.69) is 13.8 Å². The Morgan fingerprint density at radius 1 is 1.06 bits per heavy atom. The second-order valence-corrected chi connectivity index (χ2v) is 9.30. The summed E-state index contributed by atoms with van der Waals surface area (Å²) in [7, 11) is 0.975. The molecule has 102 valence electrons. The predicted octanol–water partition coefficient (Wildman–Crippen LogP) is 3.03. The Kier molecular flexibility index (Phi) is 9.76. The third-order valence-electron chi connectivity index (χ3n) is 3.44. The lowest BCUT2D eigenvalue weighted by Gasteiger charge is -2.24. The maximum absolute atomic E-state index is 10.6. The average molecular weight is 263 g/mol. The molecular formula is C13H28O3P+. The van der Waals surface area contributed by atoms with E-state index < -0.39 is 7.26 Å². The van der Waals surface area contributed by atoms with Gasteiger partial charge < -0.3 is 9.47 Å². The van der Waals surface area contributed by atoms with Gasteiger partial charge in [0.05, 0.1) is 37.9 Å². The van der Waals surface area contributed by atoms with Crippen molar-refractivity contribution in [1.82, 2.24) is 0 Å². The van der Waals surface area contributed by atoms with Crippen LogP contribution in [0.5, 0.6) is 0 Å². The van der Waals surface area contributed by atoms with Gasteiger partial charge in [-0.05, 0) is 26.7 Å². The van der Waals surface area contributed by atoms with Crippen molar-refractivity contribution < 1.29 is 14.3 Å². The zero-order valence-electron chi connectivity index (χ0n) is 11.8. The Balaban J connectivity index is 3.87. The second-order valence-electron chi connectivity index (χ2n) is 4.46. The number of esters is 1. The molecule has 0 spiro atoms. The van der Waals surface area contributed by atoms with Crippen molar-refractivity contribution in [2.24, 2.45) is 0 Å². The number of hydrogen-bond acceptors (Lipinski definition) is 3. The molecule has 0 aliphatic rings. The van der Waals surface area contributed by atoms with Crippen molar-refractivity contribution in [3.05, 3.63) is 0 Å². The molecule has 0 aliphatic heterocycles. The van der Waals surface area contributed by atoms with Crippen LogP contribution in [-0.4, -0.2) is 50.9 Å². The number of rotatable bonds is 10. The van der Waals surface area contributed by atoms with E-state index in [9.17, 15) is 4.79 Å². The van der Waals surface area contributed by atoms with Crippen molar-refractivity contribution in [2.75, 3.05) is 45.0 Å². The third kappa shape index (κ3) is 7.72. The predicted molar refractivity (Wildman–Crippen MR) is 75.5 cm³/mol. The second kappa shape index (κ2) is 9.85. The van der Waals surface area contributed by atoms with Gasteiger partial charge in [0, 0.05) is 21.3 Å². The molecule has 0 saturated carbocycles. The Morgan fingerprint density at radius 3 is 2.18 bits per heavy atom. The molecule has 0 amide bonds. The van der Waals surface area contributed by atoms with Crippen molar-refractivity contribution in [2.45, 2.75) is 33.6 Å². The highest BCUT2D eigenvalue weighted by molar-refractivity contribution is 7.75. The van der Waals surface area contributed by atoms with Crippen molar-refractivity contribution in [3.63, 3.8) is 0 Å². The number of ether oxygens (including phenoxy) is 2. The lowest BCUT2D eigenvalue weighted by Crippen LogP contribution is -2.13. The van der Waals surface area contributed by atoms with Crippen LogP contribution in [0, 0.1) is 0 Å². The minimum atomic E-state index is -0.804. The van der Waals surface area contributed by atoms with Gasteiger partial charge in [0.2, 0.25) is 0 Å². The summed E-state index contributed by atoms with van der Waals surface area (Å²) in [6.07, 6.45) is 7.33. The Hall–Kier alpha value is -0.140. The molecule has 0 unspecified atom stereocenters. The number of unbranched alkanes of at least 4 members (excludes halogenated alkanes) is 1. The summed E-state index contributed by atoms with van der Waals surface area (Å²) in [5.41, 5.74) is 0. The van der Waals surface area contributed by atoms with Gasteiger partial charge in [-0.25, -0.2) is 0 Å². The quantitative estimate of drug-likeness (QED) is 0.345. The molecule has 0 saturated heterocycles. The molecule has 17 heavy (non-hydrogen) atoms. The molecule has 0 heterocycles. The van der Waals surface area contributed by atoms with E-state index >= 15 is 0 Å². The van der Waals surface area contributed by atoms with Gasteiger partial charge in [0.1, 0.15) is 0 Å². The fourth-order valence-electron chi connectivity index (χ4n) is 2.02. The van der Waals surface area contributed by atoms with Crippen LogP contribution in [-0.2, 0) is 14.3 Å². The van der Waals surface area contributed by atoms with Gasteiger partial charge in [-0.1, -0.05) is 0 Å². The maximum Gasteiger partial charge on any atom is 0.302 e. The van der Waals surface area contributed by atoms with Gasteiger partial charge in [-0.2, -0.15) is 0 Å². The fourth-order valence-corrected chi connectivity index (χ4v) is 5.42. The first-order chi connectivity index (χ1) is 8.10. The molecule has 0 aromatic carbocycles. The summed E-state index contributed by atoms with van der Waals surface area (Å²) in [6.45, 7) is 7.54. The highest BCUT2D eigenvalue weighted by Crippen LogP contribution is 2.58. The molecule has 0 atom stereocenters. The van der Waals surface area contributed by atoms with Crippen LogP contribution in [0.25, 0.3) is 0 Å². The Labute approximate surface area is 107 Å². The zero-order chi connectivity index (χ0) is 13.1. The number of carbonyl (C=O) groups is 1. The minimum Gasteiger partial charge on any atom is -0.466 e. The third-order valence-corrected chi connectivity index (χ3v) is 8.52. The summed E-state index contributed by atoms with van der Waals surface area (Å²) in [4.78, 5) is 10.6. The molecule has 0 aromatic rings. The van der Waals surface area contributed by atoms with Gasteiger partial charge >= 0.3 is 5.97 Å². The van der Waals surface area contributed by atoms with Gasteiger partial charge in [0.15, 0.2) is 0 Å². The minimum absolute atomic E-state index is 0.170. The molecule has 0 aromatic heterocycles. The first kappa shape index (κ1) is 16.9. The molecule has 0 radical (unpaired) electrons. The van der Waals surface area contributed by atoms with Crippen LogP contribution >= 0.6 is 7.26 Å². The normalized spacial score (nSPS) is 11.5. The van der Waals surface area contributed by atoms with Crippen LogP contribution < -0.4 is 0 Å². The van der Waals surface area contributed by atoms with E-state index in [1.54, 1.807) is 7.11 Å². The van der Waals surface area contributed by atoms with E-state index in [4.69, 9.17) is 9.47 Å². The van der Waals surface area contributed by atoms with Gasteiger partial charge in [-0.3, -0.25) is 4.79 Å². The Morgan fingerprint density at radius 2 is 1.71 bits per heavy atom. The summed E-state index contributed by atoms with van der Waals surface area (Å²) in [5.74, 6) is -0.170. The zero-order valence-corrected chi connectivity index (χ0v) is 12.7. The lowest BCUT2D eigenvalue weighted by molar-refractivity contribution is -0.141. The van der Waals surface area contributed by atoms with Crippen molar-refractivity contribution in [3.8, 4) is 0 Å². The summed E-state index contributed by atoms with van der Waals surface area (Å²) in [5, 5.41) is 0. The molecule has 0 aliphatic carbocycles. The molecule has 4 heteroatoms. The van der Waals surface area contributed by atoms with Crippen molar-refractivity contribution in [1.29, 1.82) is 0 Å². The van der Waals surface area contributed by atoms with Crippen LogP contribution in [0.15, 0.2) is 0 Å². The number of carbonyl (C=O) groups excluding carboxylic acids is 1. The molecule has 3 nitrogen and oxygen atoms in total. The molecule has 0 rings (SSSR count). The van der Waals surface area contributed by atoms with Gasteiger partial charge in [0.25, 0.3) is 0 Å². The standard InChI is InChI=1S/C13H28O3P/c1-5-17(6-2,12-10-15-4)11-8-7-9-16-13(3)14/h5-12H2,1-4H3/q+1. The smallest absolute Gasteiger partial charge is 0.302 e. The topological polar surface area (TPSA) is 35.5 Å². The first-order valence-electron chi connectivity index (χ1n) is 6.57. The summed E-state index contributed by atoms with van der Waals surface area (Å²) < 4.78 is 10.2. The first-order valence-corrected chi connectivity index (χ1v) is 9.10. The van der Waals surface area contributed by atoms with E-state index in [1.807, 2.05) is 0 Å². The summed E-state index contributed by atoms with van der Waals surface area (Å²) in [6, 6.07) is 0. The maximum atomic E-state index is 10.6. The van der Waals surface area contributed by atoms with Crippen LogP contribution in [0.1, 0.15) is 33.6 Å². The summed E-state index contributed by atoms with van der Waals surface area (Å²) >= 11 is 0. The van der Waals surface area contributed by atoms with Gasteiger partial charge in [-0.15, -0.1) is 0 Å². The SMILES string of the molecule is CC[P+](CC)(CCCCOC(C)=O)CCOC. The largest absolute Gasteiger partial charge is 0.466 e. The number of hydrogen-bond donors (Lipinski definition) is 0. The lowest BCUT2D eigenvalue weighted by atomic mass is 10.4. The monoisotopic (exact) mass is 263 g/mol. The molecular weight excluding hydrogens is 235 g/mol. The van der Waals surface area contributed by atoms with E-state index in [1.165, 1.54) is 38.0 Å². The van der Waals surface area contributed by atoms with E-state index in [0.29, 0.717) is 6.61 Å². The van der Waals surface area contributed by atoms with Crippen molar-refractivity contribution >= 4 is 13.2 Å². The number of methoxy groups -OCH3 is 1. The highest BCUT2D eigenvalue weighted by atomic mass is 31.2. The highest BCUT2D eigenvalue weighted by Gasteiger charge is 2.31. The average Bonchev–Trinajstić information content (AvgIpc) is 2.33. The van der Waals surface area contributed by atoms with E-state index in [-0.39, 0.29) is 5.97 Å². The van der Waals surface area contributed by atoms with E-state index in [0.717, 1.165) is 13.0 Å². The van der Waals surface area contributed by atoms with Crippen LogP contribution in [0.4, 0.5) is 0 Å². The molecule has 0 N–H and O–H groups in total. The van der Waals surface area contributed by atoms with Crippen LogP contribution in [0.3, 0.4) is 0 Å². The Bertz CT molecular complexity index is 203.